The molecule has 172 valence electrons. The molecule has 0 amide bonds. The van der Waals surface area contributed by atoms with Crippen LogP contribution in [0.25, 0.3) is 0 Å². The summed E-state index contributed by atoms with van der Waals surface area (Å²) in [5.41, 5.74) is 3.45. The largest absolute Gasteiger partial charge is 0.393 e. The van der Waals surface area contributed by atoms with Gasteiger partial charge in [-0.2, -0.15) is 0 Å². The maximum absolute atomic E-state index is 12.2. The molecule has 0 aliphatic heterocycles. The Labute approximate surface area is 187 Å². The molecular formula is C27H40O4. The third-order valence-electron chi connectivity index (χ3n) is 7.89. The number of rotatable bonds is 6. The maximum Gasteiger partial charge on any atom is 0.163 e. The second-order valence-corrected chi connectivity index (χ2v) is 10.7. The van der Waals surface area contributed by atoms with Crippen LogP contribution in [0.1, 0.15) is 79.1 Å². The summed E-state index contributed by atoms with van der Waals surface area (Å²) in [5, 5.41) is 30.1. The van der Waals surface area contributed by atoms with E-state index < -0.39 is 17.8 Å². The third kappa shape index (κ3) is 5.13. The van der Waals surface area contributed by atoms with Crippen LogP contribution < -0.4 is 0 Å². The number of carbonyl (C=O) groups excluding carboxylic acids is 1. The molecule has 1 unspecified atom stereocenters. The molecule has 3 aliphatic carbocycles. The highest BCUT2D eigenvalue weighted by Gasteiger charge is 2.46. The number of allylic oxidation sites excluding steroid dienone is 5. The molecular weight excluding hydrogens is 388 g/mol. The van der Waals surface area contributed by atoms with Crippen LogP contribution in [-0.2, 0) is 4.79 Å². The zero-order chi connectivity index (χ0) is 23.0. The molecule has 3 rings (SSSR count). The minimum absolute atomic E-state index is 0.0902. The van der Waals surface area contributed by atoms with Crippen molar-refractivity contribution in [2.75, 3.05) is 0 Å². The quantitative estimate of drug-likeness (QED) is 0.531. The minimum atomic E-state index is -1.26. The Morgan fingerprint density at radius 3 is 2.74 bits per heavy atom. The van der Waals surface area contributed by atoms with E-state index in [1.54, 1.807) is 13.8 Å². The molecule has 2 fully saturated rings. The molecule has 0 saturated heterocycles. The Bertz CT molecular complexity index is 810. The summed E-state index contributed by atoms with van der Waals surface area (Å²) in [7, 11) is 0. The highest BCUT2D eigenvalue weighted by atomic mass is 16.3. The first-order valence-corrected chi connectivity index (χ1v) is 11.8. The summed E-state index contributed by atoms with van der Waals surface area (Å²) in [6, 6.07) is 0. The van der Waals surface area contributed by atoms with E-state index in [2.05, 4.69) is 38.7 Å². The lowest BCUT2D eigenvalue weighted by atomic mass is 9.62. The molecule has 0 aromatic heterocycles. The van der Waals surface area contributed by atoms with Gasteiger partial charge in [0.05, 0.1) is 12.2 Å². The van der Waals surface area contributed by atoms with Crippen molar-refractivity contribution < 1.29 is 20.1 Å². The molecule has 0 aromatic carbocycles. The van der Waals surface area contributed by atoms with Crippen molar-refractivity contribution in [2.24, 2.45) is 17.3 Å². The number of Topliss-reactive ketones (excluding diaryl/α,β-unsaturated/α-hetero) is 1. The van der Waals surface area contributed by atoms with Gasteiger partial charge in [-0.1, -0.05) is 49.8 Å². The molecule has 0 bridgehead atoms. The summed E-state index contributed by atoms with van der Waals surface area (Å²) < 4.78 is 0. The number of aliphatic hydroxyl groups is 3. The van der Waals surface area contributed by atoms with Crippen LogP contribution in [0, 0.1) is 17.3 Å². The van der Waals surface area contributed by atoms with E-state index in [4.69, 9.17) is 0 Å². The van der Waals surface area contributed by atoms with Gasteiger partial charge in [0, 0.05) is 12.8 Å². The second kappa shape index (κ2) is 9.17. The van der Waals surface area contributed by atoms with Gasteiger partial charge < -0.3 is 15.3 Å². The van der Waals surface area contributed by atoms with Crippen LogP contribution in [0.2, 0.25) is 0 Å². The molecule has 0 radical (unpaired) electrons. The van der Waals surface area contributed by atoms with Crippen molar-refractivity contribution in [3.8, 4) is 0 Å². The molecule has 3 aliphatic rings. The van der Waals surface area contributed by atoms with E-state index in [1.807, 2.05) is 0 Å². The second-order valence-electron chi connectivity index (χ2n) is 10.7. The zero-order valence-electron chi connectivity index (χ0n) is 19.7. The fraction of sp³-hybridized carbons (Fsp3) is 0.667. The monoisotopic (exact) mass is 428 g/mol. The zero-order valence-corrected chi connectivity index (χ0v) is 19.7. The number of carbonyl (C=O) groups is 1. The number of aliphatic hydroxyl groups excluding tert-OH is 2. The minimum Gasteiger partial charge on any atom is -0.393 e. The summed E-state index contributed by atoms with van der Waals surface area (Å²) in [5.74, 6) is 0.697. The van der Waals surface area contributed by atoms with Gasteiger partial charge in [-0.3, -0.25) is 4.79 Å². The number of hydrogen-bond donors (Lipinski definition) is 3. The predicted molar refractivity (Wildman–Crippen MR) is 124 cm³/mol. The molecule has 0 spiro atoms. The molecule has 0 heterocycles. The molecule has 2 saturated carbocycles. The van der Waals surface area contributed by atoms with Gasteiger partial charge >= 0.3 is 0 Å². The molecule has 3 N–H and O–H groups in total. The van der Waals surface area contributed by atoms with Crippen LogP contribution in [-0.4, -0.2) is 38.9 Å². The van der Waals surface area contributed by atoms with Crippen molar-refractivity contribution in [1.82, 2.24) is 0 Å². The molecule has 4 nitrogen and oxygen atoms in total. The van der Waals surface area contributed by atoms with Crippen molar-refractivity contribution in [3.63, 3.8) is 0 Å². The van der Waals surface area contributed by atoms with Gasteiger partial charge in [0.25, 0.3) is 0 Å². The molecule has 5 atom stereocenters. The van der Waals surface area contributed by atoms with Gasteiger partial charge in [-0.05, 0) is 80.8 Å². The smallest absolute Gasteiger partial charge is 0.163 e. The average Bonchev–Trinajstić information content (AvgIpc) is 3.04. The Kier molecular flexibility index (Phi) is 7.15. The summed E-state index contributed by atoms with van der Waals surface area (Å²) in [4.78, 5) is 12.2. The van der Waals surface area contributed by atoms with E-state index in [0.717, 1.165) is 43.3 Å². The highest BCUT2D eigenvalue weighted by Crippen LogP contribution is 2.57. The van der Waals surface area contributed by atoms with E-state index in [-0.39, 0.29) is 11.2 Å². The molecule has 4 heteroatoms. The Morgan fingerprint density at radius 1 is 1.35 bits per heavy atom. The van der Waals surface area contributed by atoms with E-state index in [0.29, 0.717) is 31.1 Å². The highest BCUT2D eigenvalue weighted by molar-refractivity contribution is 5.86. The van der Waals surface area contributed by atoms with Crippen molar-refractivity contribution >= 4 is 5.78 Å². The summed E-state index contributed by atoms with van der Waals surface area (Å²) in [6.07, 6.45) is 12.0. The topological polar surface area (TPSA) is 77.8 Å². The van der Waals surface area contributed by atoms with Gasteiger partial charge in [-0.15, -0.1) is 0 Å². The Morgan fingerprint density at radius 2 is 2.06 bits per heavy atom. The van der Waals surface area contributed by atoms with Crippen LogP contribution >= 0.6 is 0 Å². The van der Waals surface area contributed by atoms with Crippen LogP contribution in [0.4, 0.5) is 0 Å². The first-order valence-electron chi connectivity index (χ1n) is 11.8. The lowest BCUT2D eigenvalue weighted by Gasteiger charge is -2.42. The summed E-state index contributed by atoms with van der Waals surface area (Å²) in [6.45, 7) is 11.7. The van der Waals surface area contributed by atoms with E-state index >= 15 is 0 Å². The average molecular weight is 429 g/mol. The fourth-order valence-corrected chi connectivity index (χ4v) is 5.89. The van der Waals surface area contributed by atoms with Crippen LogP contribution in [0.5, 0.6) is 0 Å². The lowest BCUT2D eigenvalue weighted by Crippen LogP contribution is -2.34. The first kappa shape index (κ1) is 24.2. The van der Waals surface area contributed by atoms with E-state index in [9.17, 15) is 20.1 Å². The molecule has 0 aromatic rings. The van der Waals surface area contributed by atoms with Gasteiger partial charge in [-0.25, -0.2) is 0 Å². The van der Waals surface area contributed by atoms with Gasteiger partial charge in [0.15, 0.2) is 5.78 Å². The van der Waals surface area contributed by atoms with E-state index in [1.165, 1.54) is 11.1 Å². The van der Waals surface area contributed by atoms with Crippen molar-refractivity contribution in [3.05, 3.63) is 47.1 Å². The summed E-state index contributed by atoms with van der Waals surface area (Å²) >= 11 is 0. The van der Waals surface area contributed by atoms with Gasteiger partial charge in [0.2, 0.25) is 0 Å². The SMILES string of the molecule is C=C1/C(=C\C=C2/CCC[C@]3(C)C([C@H](C)CCC(=O)C(C)(C)O)=CCC23)C[C@H](O)C[C@@H]1O. The maximum atomic E-state index is 12.2. The predicted octanol–water partition coefficient (Wildman–Crippen LogP) is 4.80. The normalized spacial score (nSPS) is 35.3. The number of hydrogen-bond acceptors (Lipinski definition) is 4. The number of ketones is 1. The van der Waals surface area contributed by atoms with Gasteiger partial charge in [0.1, 0.15) is 5.60 Å². The van der Waals surface area contributed by atoms with Crippen LogP contribution in [0.3, 0.4) is 0 Å². The van der Waals surface area contributed by atoms with Crippen molar-refractivity contribution in [1.29, 1.82) is 0 Å². The van der Waals surface area contributed by atoms with Crippen LogP contribution in [0.15, 0.2) is 47.1 Å². The number of fused-ring (bicyclic) bond motifs is 1. The fourth-order valence-electron chi connectivity index (χ4n) is 5.89. The Balaban J connectivity index is 1.73. The standard InChI is InChI=1S/C27H40O4/c1-17(8-13-25(30)26(3,4)31)22-11-12-23-19(7-6-14-27(22,23)5)9-10-20-15-21(28)16-24(29)18(20)2/h9-11,17,21,23-24,28-29,31H,2,6-8,12-16H2,1,3-5H3/b19-9+,20-10-/t17-,21+,23?,24+,27-/m1/s1. The third-order valence-corrected chi connectivity index (χ3v) is 7.89. The Hall–Kier alpha value is -1.49. The molecule has 31 heavy (non-hydrogen) atoms. The van der Waals surface area contributed by atoms with Crippen molar-refractivity contribution in [2.45, 2.75) is 96.9 Å². The first-order chi connectivity index (χ1) is 14.4. The lowest BCUT2D eigenvalue weighted by molar-refractivity contribution is -0.134.